The number of H-pyrrole nitrogens is 1. The highest BCUT2D eigenvalue weighted by Crippen LogP contribution is 2.28. The Bertz CT molecular complexity index is 1030. The van der Waals surface area contributed by atoms with Crippen LogP contribution in [0.15, 0.2) is 40.1 Å². The topological polar surface area (TPSA) is 83.8 Å². The summed E-state index contributed by atoms with van der Waals surface area (Å²) in [5, 5.41) is 11.8. The van der Waals surface area contributed by atoms with Crippen molar-refractivity contribution in [2.24, 2.45) is 0 Å². The minimum atomic E-state index is -0.343. The van der Waals surface area contributed by atoms with Crippen LogP contribution in [0, 0.1) is 13.8 Å². The van der Waals surface area contributed by atoms with Crippen LogP contribution in [0.1, 0.15) is 21.1 Å². The average Bonchev–Trinajstić information content (AvgIpc) is 3.32. The number of oxazole rings is 1. The highest BCUT2D eigenvalue weighted by Gasteiger charge is 2.19. The normalized spacial score (nSPS) is 11.0. The van der Waals surface area contributed by atoms with Crippen molar-refractivity contribution in [1.29, 1.82) is 0 Å². The minimum Gasteiger partial charge on any atom is -0.440 e. The molecule has 0 atom stereocenters. The number of amides is 1. The van der Waals surface area contributed by atoms with E-state index in [1.807, 2.05) is 36.6 Å². The highest BCUT2D eigenvalue weighted by molar-refractivity contribution is 7.15. The Morgan fingerprint density at radius 1 is 1.24 bits per heavy atom. The maximum Gasteiger partial charge on any atom is 0.279 e. The monoisotopic (exact) mass is 370 g/mol. The van der Waals surface area contributed by atoms with Crippen LogP contribution in [0.2, 0.25) is 0 Å². The fraction of sp³-hybridized carbons (Fsp3) is 0.118. The van der Waals surface area contributed by atoms with E-state index >= 15 is 0 Å². The van der Waals surface area contributed by atoms with Gasteiger partial charge in [0.25, 0.3) is 5.91 Å². The SMILES string of the molecule is Cc1ccc(-c2cc(NC(=O)c3nc(-c4cccs4)oc3C)n[nH]2)s1. The van der Waals surface area contributed by atoms with E-state index in [1.54, 1.807) is 24.3 Å². The molecule has 0 aliphatic heterocycles. The summed E-state index contributed by atoms with van der Waals surface area (Å²) in [6.07, 6.45) is 0. The number of hydrogen-bond acceptors (Lipinski definition) is 6. The molecule has 0 unspecified atom stereocenters. The van der Waals surface area contributed by atoms with E-state index in [2.05, 4.69) is 20.5 Å². The van der Waals surface area contributed by atoms with Crippen LogP contribution in [0.3, 0.4) is 0 Å². The molecule has 0 fully saturated rings. The van der Waals surface area contributed by atoms with Gasteiger partial charge < -0.3 is 9.73 Å². The molecule has 0 bridgehead atoms. The second kappa shape index (κ2) is 6.30. The summed E-state index contributed by atoms with van der Waals surface area (Å²) in [5.41, 5.74) is 1.13. The summed E-state index contributed by atoms with van der Waals surface area (Å²) in [6.45, 7) is 3.77. The van der Waals surface area contributed by atoms with Gasteiger partial charge in [-0.3, -0.25) is 9.89 Å². The summed E-state index contributed by atoms with van der Waals surface area (Å²) in [5.74, 6) is 1.04. The highest BCUT2D eigenvalue weighted by atomic mass is 32.1. The van der Waals surface area contributed by atoms with Crippen molar-refractivity contribution in [3.63, 3.8) is 0 Å². The van der Waals surface area contributed by atoms with Crippen molar-refractivity contribution in [2.45, 2.75) is 13.8 Å². The van der Waals surface area contributed by atoms with Gasteiger partial charge in [-0.2, -0.15) is 5.10 Å². The Hall–Kier alpha value is -2.71. The molecule has 0 radical (unpaired) electrons. The van der Waals surface area contributed by atoms with E-state index < -0.39 is 0 Å². The van der Waals surface area contributed by atoms with Gasteiger partial charge in [-0.1, -0.05) is 6.07 Å². The third-order valence-corrected chi connectivity index (χ3v) is 5.46. The predicted octanol–water partition coefficient (Wildman–Crippen LogP) is 4.72. The lowest BCUT2D eigenvalue weighted by molar-refractivity contribution is 0.102. The van der Waals surface area contributed by atoms with Crippen LogP contribution in [-0.4, -0.2) is 21.1 Å². The molecule has 25 heavy (non-hydrogen) atoms. The summed E-state index contributed by atoms with van der Waals surface area (Å²) in [6, 6.07) is 9.69. The lowest BCUT2D eigenvalue weighted by atomic mass is 10.3. The van der Waals surface area contributed by atoms with Crippen LogP contribution in [0.4, 0.5) is 5.82 Å². The van der Waals surface area contributed by atoms with Crippen LogP contribution < -0.4 is 5.32 Å². The number of rotatable bonds is 4. The minimum absolute atomic E-state index is 0.264. The first-order valence-corrected chi connectivity index (χ1v) is 9.24. The molecule has 0 saturated carbocycles. The van der Waals surface area contributed by atoms with Gasteiger partial charge in [0, 0.05) is 10.9 Å². The van der Waals surface area contributed by atoms with E-state index in [0.29, 0.717) is 17.5 Å². The molecule has 4 aromatic heterocycles. The van der Waals surface area contributed by atoms with Crippen molar-refractivity contribution in [2.75, 3.05) is 5.32 Å². The number of nitrogens with one attached hydrogen (secondary N) is 2. The Morgan fingerprint density at radius 3 is 2.84 bits per heavy atom. The molecule has 126 valence electrons. The molecule has 4 heterocycles. The first-order valence-electron chi connectivity index (χ1n) is 7.55. The van der Waals surface area contributed by atoms with Gasteiger partial charge in [-0.05, 0) is 37.4 Å². The fourth-order valence-corrected chi connectivity index (χ4v) is 3.86. The zero-order chi connectivity index (χ0) is 17.4. The third-order valence-electron chi connectivity index (χ3n) is 3.57. The summed E-state index contributed by atoms with van der Waals surface area (Å²) in [7, 11) is 0. The Kier molecular flexibility index (Phi) is 3.98. The number of carbonyl (C=O) groups excluding carboxylic acids is 1. The van der Waals surface area contributed by atoms with E-state index in [9.17, 15) is 4.79 Å². The molecule has 4 aromatic rings. The van der Waals surface area contributed by atoms with Crippen LogP contribution in [0.25, 0.3) is 21.3 Å². The zero-order valence-electron chi connectivity index (χ0n) is 13.5. The molecule has 8 heteroatoms. The van der Waals surface area contributed by atoms with Crippen LogP contribution in [-0.2, 0) is 0 Å². The lowest BCUT2D eigenvalue weighted by Gasteiger charge is -1.97. The standard InChI is InChI=1S/C17H14N4O2S2/c1-9-5-6-12(25-9)11-8-14(21-20-11)18-16(22)15-10(2)23-17(19-15)13-4-3-7-24-13/h3-8H,1-2H3,(H2,18,20,21,22). The van der Waals surface area contributed by atoms with E-state index in [0.717, 1.165) is 15.4 Å². The van der Waals surface area contributed by atoms with Gasteiger partial charge in [0.15, 0.2) is 11.5 Å². The Balaban J connectivity index is 1.54. The molecule has 0 aliphatic carbocycles. The second-order valence-electron chi connectivity index (χ2n) is 5.43. The summed E-state index contributed by atoms with van der Waals surface area (Å²) in [4.78, 5) is 20.0. The maximum atomic E-state index is 12.5. The smallest absolute Gasteiger partial charge is 0.279 e. The average molecular weight is 370 g/mol. The maximum absolute atomic E-state index is 12.5. The van der Waals surface area contributed by atoms with Gasteiger partial charge in [0.2, 0.25) is 5.89 Å². The summed E-state index contributed by atoms with van der Waals surface area (Å²) < 4.78 is 5.61. The van der Waals surface area contributed by atoms with E-state index in [1.165, 1.54) is 16.2 Å². The molecule has 0 aromatic carbocycles. The molecule has 1 amide bonds. The molecule has 0 spiro atoms. The number of aromatic amines is 1. The number of carbonyl (C=O) groups is 1. The van der Waals surface area contributed by atoms with Gasteiger partial charge in [0.05, 0.1) is 15.4 Å². The Labute approximate surface area is 151 Å². The molecule has 6 nitrogen and oxygen atoms in total. The number of aromatic nitrogens is 3. The van der Waals surface area contributed by atoms with E-state index in [-0.39, 0.29) is 11.6 Å². The number of aryl methyl sites for hydroxylation is 2. The molecular weight excluding hydrogens is 356 g/mol. The number of anilines is 1. The van der Waals surface area contributed by atoms with Gasteiger partial charge in [-0.25, -0.2) is 4.98 Å². The van der Waals surface area contributed by atoms with Crippen molar-refractivity contribution in [3.8, 4) is 21.3 Å². The van der Waals surface area contributed by atoms with Gasteiger partial charge in [-0.15, -0.1) is 22.7 Å². The molecule has 4 rings (SSSR count). The van der Waals surface area contributed by atoms with Crippen LogP contribution >= 0.6 is 22.7 Å². The molecular formula is C17H14N4O2S2. The van der Waals surface area contributed by atoms with Crippen molar-refractivity contribution in [1.82, 2.24) is 15.2 Å². The van der Waals surface area contributed by atoms with Crippen molar-refractivity contribution >= 4 is 34.4 Å². The summed E-state index contributed by atoms with van der Waals surface area (Å²) >= 11 is 3.18. The number of nitrogens with zero attached hydrogens (tertiary/aromatic N) is 2. The second-order valence-corrected chi connectivity index (χ2v) is 7.67. The predicted molar refractivity (Wildman–Crippen MR) is 99.1 cm³/mol. The van der Waals surface area contributed by atoms with Crippen molar-refractivity contribution < 1.29 is 9.21 Å². The Morgan fingerprint density at radius 2 is 2.12 bits per heavy atom. The van der Waals surface area contributed by atoms with Gasteiger partial charge >= 0.3 is 0 Å². The van der Waals surface area contributed by atoms with Gasteiger partial charge in [0.1, 0.15) is 5.76 Å². The molecule has 2 N–H and O–H groups in total. The first-order chi connectivity index (χ1) is 12.1. The zero-order valence-corrected chi connectivity index (χ0v) is 15.1. The molecule has 0 aliphatic rings. The largest absolute Gasteiger partial charge is 0.440 e. The quantitative estimate of drug-likeness (QED) is 0.544. The number of hydrogen-bond donors (Lipinski definition) is 2. The number of thiophene rings is 2. The third kappa shape index (κ3) is 3.13. The fourth-order valence-electron chi connectivity index (χ4n) is 2.38. The van der Waals surface area contributed by atoms with Crippen LogP contribution in [0.5, 0.6) is 0 Å². The first kappa shape index (κ1) is 15.8. The van der Waals surface area contributed by atoms with Crippen molar-refractivity contribution in [3.05, 3.63) is 52.0 Å². The van der Waals surface area contributed by atoms with E-state index in [4.69, 9.17) is 4.42 Å². The lowest BCUT2D eigenvalue weighted by Crippen LogP contribution is -2.13. The molecule has 0 saturated heterocycles.